The third-order valence-corrected chi connectivity index (χ3v) is 5.09. The third-order valence-electron chi connectivity index (χ3n) is 3.96. The average molecular weight is 376 g/mol. The van der Waals surface area contributed by atoms with E-state index in [9.17, 15) is 13.2 Å². The summed E-state index contributed by atoms with van der Waals surface area (Å²) in [5.74, 6) is 1.46. The van der Waals surface area contributed by atoms with Crippen LogP contribution >= 0.6 is 0 Å². The van der Waals surface area contributed by atoms with Crippen molar-refractivity contribution in [2.75, 3.05) is 11.6 Å². The number of hydrogen-bond donors (Lipinski definition) is 2. The number of hydrogen-bond acceptors (Lipinski definition) is 4. The molecule has 0 spiro atoms. The van der Waals surface area contributed by atoms with Gasteiger partial charge in [0, 0.05) is 18.0 Å². The molecule has 26 heavy (non-hydrogen) atoms. The van der Waals surface area contributed by atoms with Crippen molar-refractivity contribution in [1.82, 2.24) is 5.32 Å². The molecule has 0 aliphatic rings. The molecule has 0 aliphatic heterocycles. The van der Waals surface area contributed by atoms with Gasteiger partial charge < -0.3 is 15.4 Å². The monoisotopic (exact) mass is 376 g/mol. The molecule has 2 rings (SSSR count). The lowest BCUT2D eigenvalue weighted by atomic mass is 10.1. The lowest BCUT2D eigenvalue weighted by Gasteiger charge is -2.17. The minimum Gasteiger partial charge on any atom is -0.457 e. The molecule has 0 aromatic heterocycles. The molecule has 0 heterocycles. The fourth-order valence-corrected chi connectivity index (χ4v) is 2.67. The summed E-state index contributed by atoms with van der Waals surface area (Å²) in [6.45, 7) is 6.04. The van der Waals surface area contributed by atoms with E-state index in [1.165, 1.54) is 12.1 Å². The van der Waals surface area contributed by atoms with Crippen LogP contribution in [-0.2, 0) is 9.84 Å². The van der Waals surface area contributed by atoms with Crippen molar-refractivity contribution < 1.29 is 17.9 Å². The van der Waals surface area contributed by atoms with E-state index in [-0.39, 0.29) is 17.0 Å². The minimum absolute atomic E-state index is 0.0764. The number of sulfone groups is 1. The van der Waals surface area contributed by atoms with E-state index in [4.69, 9.17) is 4.74 Å². The van der Waals surface area contributed by atoms with Crippen molar-refractivity contribution >= 4 is 21.6 Å². The first-order valence-electron chi connectivity index (χ1n) is 8.30. The van der Waals surface area contributed by atoms with E-state index >= 15 is 0 Å². The summed E-state index contributed by atoms with van der Waals surface area (Å²) < 4.78 is 28.6. The molecule has 0 fully saturated rings. The van der Waals surface area contributed by atoms with Gasteiger partial charge in [-0.05, 0) is 61.4 Å². The Morgan fingerprint density at radius 2 is 1.42 bits per heavy atom. The maximum absolute atomic E-state index is 11.9. The second-order valence-corrected chi connectivity index (χ2v) is 8.52. The lowest BCUT2D eigenvalue weighted by Crippen LogP contribution is -2.38. The Hall–Kier alpha value is -2.54. The predicted molar refractivity (Wildman–Crippen MR) is 103 cm³/mol. The zero-order valence-electron chi connectivity index (χ0n) is 15.3. The molecule has 0 aliphatic carbocycles. The van der Waals surface area contributed by atoms with Gasteiger partial charge in [0.05, 0.1) is 4.90 Å². The molecule has 0 bridgehead atoms. The van der Waals surface area contributed by atoms with E-state index in [1.54, 1.807) is 36.4 Å². The minimum atomic E-state index is -3.23. The summed E-state index contributed by atoms with van der Waals surface area (Å²) in [5, 5.41) is 5.64. The maximum Gasteiger partial charge on any atom is 0.319 e. The van der Waals surface area contributed by atoms with Crippen LogP contribution in [0.3, 0.4) is 0 Å². The molecule has 2 aromatic carbocycles. The third kappa shape index (κ3) is 5.77. The molecule has 1 unspecified atom stereocenters. The van der Waals surface area contributed by atoms with E-state index in [1.807, 2.05) is 20.8 Å². The number of rotatable bonds is 6. The van der Waals surface area contributed by atoms with E-state index in [0.29, 0.717) is 23.1 Å². The zero-order valence-corrected chi connectivity index (χ0v) is 16.1. The van der Waals surface area contributed by atoms with Gasteiger partial charge in [-0.15, -0.1) is 0 Å². The predicted octanol–water partition coefficient (Wildman–Crippen LogP) is 4.05. The highest BCUT2D eigenvalue weighted by atomic mass is 32.2. The van der Waals surface area contributed by atoms with Crippen LogP contribution in [0.4, 0.5) is 10.5 Å². The normalized spacial score (nSPS) is 12.5. The maximum atomic E-state index is 11.9. The van der Waals surface area contributed by atoms with Crippen molar-refractivity contribution in [2.24, 2.45) is 5.92 Å². The molecule has 0 saturated heterocycles. The van der Waals surface area contributed by atoms with E-state index < -0.39 is 9.84 Å². The van der Waals surface area contributed by atoms with Crippen LogP contribution in [0, 0.1) is 5.92 Å². The first kappa shape index (κ1) is 19.8. The van der Waals surface area contributed by atoms with Crippen LogP contribution in [0.5, 0.6) is 11.5 Å². The van der Waals surface area contributed by atoms with Crippen molar-refractivity contribution in [3.63, 3.8) is 0 Å². The lowest BCUT2D eigenvalue weighted by molar-refractivity contribution is 0.246. The van der Waals surface area contributed by atoms with Crippen LogP contribution in [0.15, 0.2) is 53.4 Å². The van der Waals surface area contributed by atoms with Gasteiger partial charge in [-0.1, -0.05) is 13.8 Å². The molecular weight excluding hydrogens is 352 g/mol. The molecule has 2 amide bonds. The van der Waals surface area contributed by atoms with Gasteiger partial charge in [-0.3, -0.25) is 0 Å². The van der Waals surface area contributed by atoms with E-state index in [2.05, 4.69) is 10.6 Å². The number of nitrogens with one attached hydrogen (secondary N) is 2. The quantitative estimate of drug-likeness (QED) is 0.796. The highest BCUT2D eigenvalue weighted by molar-refractivity contribution is 7.90. The van der Waals surface area contributed by atoms with Crippen LogP contribution in [0.2, 0.25) is 0 Å². The molecule has 1 atom stereocenters. The van der Waals surface area contributed by atoms with Gasteiger partial charge in [0.2, 0.25) is 0 Å². The van der Waals surface area contributed by atoms with Crippen molar-refractivity contribution in [2.45, 2.75) is 31.7 Å². The highest BCUT2D eigenvalue weighted by Gasteiger charge is 2.11. The average Bonchev–Trinajstić information content (AvgIpc) is 2.56. The molecule has 2 aromatic rings. The Labute approximate surface area is 154 Å². The number of ether oxygens (including phenoxy) is 1. The van der Waals surface area contributed by atoms with Gasteiger partial charge in [0.1, 0.15) is 11.5 Å². The Morgan fingerprint density at radius 3 is 1.88 bits per heavy atom. The molecule has 2 N–H and O–H groups in total. The van der Waals surface area contributed by atoms with Gasteiger partial charge in [-0.25, -0.2) is 13.2 Å². The number of urea groups is 1. The fraction of sp³-hybridized carbons (Fsp3) is 0.316. The smallest absolute Gasteiger partial charge is 0.319 e. The Morgan fingerprint density at radius 1 is 0.923 bits per heavy atom. The molecule has 7 heteroatoms. The van der Waals surface area contributed by atoms with Crippen molar-refractivity contribution in [3.8, 4) is 11.5 Å². The molecular formula is C19H24N2O4S. The van der Waals surface area contributed by atoms with Crippen LogP contribution < -0.4 is 15.4 Å². The van der Waals surface area contributed by atoms with Crippen molar-refractivity contribution in [1.29, 1.82) is 0 Å². The van der Waals surface area contributed by atoms with E-state index in [0.717, 1.165) is 6.26 Å². The number of anilines is 1. The zero-order chi connectivity index (χ0) is 19.3. The van der Waals surface area contributed by atoms with Gasteiger partial charge in [0.15, 0.2) is 9.84 Å². The standard InChI is InChI=1S/C19H24N2O4S/c1-13(2)14(3)20-19(22)21-15-5-7-16(8-6-15)25-17-9-11-18(12-10-17)26(4,23)24/h5-14H,1-4H3,(H2,20,21,22). The van der Waals surface area contributed by atoms with Gasteiger partial charge in [0.25, 0.3) is 0 Å². The van der Waals surface area contributed by atoms with Crippen molar-refractivity contribution in [3.05, 3.63) is 48.5 Å². The number of carbonyl (C=O) groups is 1. The topological polar surface area (TPSA) is 84.5 Å². The summed E-state index contributed by atoms with van der Waals surface area (Å²) in [4.78, 5) is 12.2. The first-order chi connectivity index (χ1) is 12.1. The molecule has 0 saturated carbocycles. The van der Waals surface area contributed by atoms with Crippen LogP contribution in [-0.4, -0.2) is 26.7 Å². The summed E-state index contributed by atoms with van der Waals surface area (Å²) in [7, 11) is -3.23. The Bertz CT molecular complexity index is 844. The largest absolute Gasteiger partial charge is 0.457 e. The fourth-order valence-electron chi connectivity index (χ4n) is 2.04. The van der Waals surface area contributed by atoms with Gasteiger partial charge >= 0.3 is 6.03 Å². The number of benzene rings is 2. The summed E-state index contributed by atoms with van der Waals surface area (Å²) in [6, 6.07) is 13.0. The SMILES string of the molecule is CC(C)C(C)NC(=O)Nc1ccc(Oc2ccc(S(C)(=O)=O)cc2)cc1. The highest BCUT2D eigenvalue weighted by Crippen LogP contribution is 2.24. The Kier molecular flexibility index (Phi) is 6.26. The Balaban J connectivity index is 1.96. The number of carbonyl (C=O) groups excluding carboxylic acids is 1. The summed E-state index contributed by atoms with van der Waals surface area (Å²) >= 11 is 0. The molecule has 6 nitrogen and oxygen atoms in total. The second-order valence-electron chi connectivity index (χ2n) is 6.50. The number of amides is 2. The van der Waals surface area contributed by atoms with Crippen LogP contribution in [0.1, 0.15) is 20.8 Å². The summed E-state index contributed by atoms with van der Waals surface area (Å²) in [6.07, 6.45) is 1.16. The summed E-state index contributed by atoms with van der Waals surface area (Å²) in [5.41, 5.74) is 0.651. The van der Waals surface area contributed by atoms with Gasteiger partial charge in [-0.2, -0.15) is 0 Å². The molecule has 140 valence electrons. The first-order valence-corrected chi connectivity index (χ1v) is 10.2. The van der Waals surface area contributed by atoms with Crippen LogP contribution in [0.25, 0.3) is 0 Å². The second kappa shape index (κ2) is 8.23. The molecule has 0 radical (unpaired) electrons.